The first-order valence-electron chi connectivity index (χ1n) is 11.4. The number of nitrogens with one attached hydrogen (secondary N) is 2. The van der Waals surface area contributed by atoms with Crippen LogP contribution in [0.25, 0.3) is 5.69 Å². The second-order valence-electron chi connectivity index (χ2n) is 8.80. The number of rotatable bonds is 5. The van der Waals surface area contributed by atoms with E-state index in [2.05, 4.69) is 21.3 Å². The Morgan fingerprint density at radius 3 is 2.51 bits per heavy atom. The number of nitrogens with zero attached hydrogens (tertiary/aromatic N) is 2. The van der Waals surface area contributed by atoms with Crippen molar-refractivity contribution in [1.82, 2.24) is 8.87 Å². The standard InChI is InChI=1S/C25H28N4O5S/c1-17(30)26-21-16-19(7-9-23(21)34-3)35(31,32)28-13-10-25(11-14-28)24-5-4-12-29(24)22-8-6-18(33-2)15-20(22)27-25/h4-9,12,15-16,27H,10-11,13-14H2,1-3H3,(H,26,30). The number of carbonyl (C=O) groups is 1. The van der Waals surface area contributed by atoms with Crippen molar-refractivity contribution in [2.75, 3.05) is 37.9 Å². The van der Waals surface area contributed by atoms with E-state index < -0.39 is 15.6 Å². The second kappa shape index (κ2) is 8.62. The zero-order chi connectivity index (χ0) is 24.8. The number of aromatic nitrogens is 1. The van der Waals surface area contributed by atoms with Crippen molar-refractivity contribution in [3.05, 3.63) is 60.4 Å². The highest BCUT2D eigenvalue weighted by Crippen LogP contribution is 2.45. The van der Waals surface area contributed by atoms with Gasteiger partial charge in [0, 0.05) is 38.0 Å². The summed E-state index contributed by atoms with van der Waals surface area (Å²) >= 11 is 0. The average molecular weight is 497 g/mol. The monoisotopic (exact) mass is 496 g/mol. The highest BCUT2D eigenvalue weighted by Gasteiger charge is 2.44. The molecule has 0 unspecified atom stereocenters. The van der Waals surface area contributed by atoms with Crippen LogP contribution in [0.1, 0.15) is 25.5 Å². The molecule has 2 aliphatic heterocycles. The summed E-state index contributed by atoms with van der Waals surface area (Å²) in [5.74, 6) is 0.857. The molecule has 1 fully saturated rings. The maximum Gasteiger partial charge on any atom is 0.243 e. The van der Waals surface area contributed by atoms with Gasteiger partial charge in [-0.05, 0) is 55.3 Å². The molecule has 3 heterocycles. The summed E-state index contributed by atoms with van der Waals surface area (Å²) in [6.45, 7) is 2.06. The Bertz CT molecular complexity index is 1390. The molecule has 0 aliphatic carbocycles. The number of benzene rings is 2. The molecule has 0 radical (unpaired) electrons. The van der Waals surface area contributed by atoms with E-state index in [0.717, 1.165) is 22.8 Å². The minimum absolute atomic E-state index is 0.119. The molecule has 35 heavy (non-hydrogen) atoms. The van der Waals surface area contributed by atoms with Gasteiger partial charge in [-0.3, -0.25) is 4.79 Å². The topological polar surface area (TPSA) is 102 Å². The van der Waals surface area contributed by atoms with Gasteiger partial charge in [0.2, 0.25) is 15.9 Å². The van der Waals surface area contributed by atoms with Crippen LogP contribution >= 0.6 is 0 Å². The van der Waals surface area contributed by atoms with Gasteiger partial charge >= 0.3 is 0 Å². The largest absolute Gasteiger partial charge is 0.497 e. The highest BCUT2D eigenvalue weighted by atomic mass is 32.2. The Hall–Kier alpha value is -3.50. The van der Waals surface area contributed by atoms with Gasteiger partial charge in [0.05, 0.1) is 41.7 Å². The van der Waals surface area contributed by atoms with E-state index in [9.17, 15) is 13.2 Å². The van der Waals surface area contributed by atoms with Gasteiger partial charge in [0.1, 0.15) is 11.5 Å². The van der Waals surface area contributed by atoms with Crippen LogP contribution in [-0.2, 0) is 20.4 Å². The van der Waals surface area contributed by atoms with E-state index in [0.29, 0.717) is 37.4 Å². The van der Waals surface area contributed by atoms with Crippen molar-refractivity contribution in [2.24, 2.45) is 0 Å². The van der Waals surface area contributed by atoms with E-state index in [1.807, 2.05) is 30.5 Å². The SMILES string of the molecule is COc1ccc2c(c1)NC1(CCN(S(=O)(=O)c3ccc(OC)c(NC(C)=O)c3)CC1)c1cccn1-2. The van der Waals surface area contributed by atoms with Crippen LogP contribution in [0, 0.1) is 0 Å². The molecule has 10 heteroatoms. The van der Waals surface area contributed by atoms with Crippen molar-refractivity contribution in [3.63, 3.8) is 0 Å². The number of fused-ring (bicyclic) bond motifs is 4. The first kappa shape index (κ1) is 23.3. The second-order valence-corrected chi connectivity index (χ2v) is 10.7. The third kappa shape index (κ3) is 3.92. The zero-order valence-corrected chi connectivity index (χ0v) is 20.7. The number of hydrogen-bond donors (Lipinski definition) is 2. The van der Waals surface area contributed by atoms with Gasteiger partial charge < -0.3 is 24.7 Å². The predicted molar refractivity (Wildman–Crippen MR) is 133 cm³/mol. The number of sulfonamides is 1. The first-order chi connectivity index (χ1) is 16.8. The molecule has 1 saturated heterocycles. The Balaban J connectivity index is 1.42. The lowest BCUT2D eigenvalue weighted by atomic mass is 9.83. The average Bonchev–Trinajstić information content (AvgIpc) is 3.35. The quantitative estimate of drug-likeness (QED) is 0.560. The van der Waals surface area contributed by atoms with Crippen LogP contribution in [0.4, 0.5) is 11.4 Å². The normalized spacial score (nSPS) is 16.7. The summed E-state index contributed by atoms with van der Waals surface area (Å²) in [6, 6.07) is 14.6. The maximum atomic E-state index is 13.5. The van der Waals surface area contributed by atoms with Gasteiger partial charge in [0.15, 0.2) is 0 Å². The molecular formula is C25H28N4O5S. The fraction of sp³-hybridized carbons (Fsp3) is 0.320. The van der Waals surface area contributed by atoms with E-state index in [4.69, 9.17) is 9.47 Å². The Kier molecular flexibility index (Phi) is 5.72. The lowest BCUT2D eigenvalue weighted by Crippen LogP contribution is -2.51. The molecule has 9 nitrogen and oxygen atoms in total. The molecule has 1 aromatic heterocycles. The minimum Gasteiger partial charge on any atom is -0.497 e. The van der Waals surface area contributed by atoms with Crippen LogP contribution in [0.2, 0.25) is 0 Å². The molecule has 0 bridgehead atoms. The molecule has 0 atom stereocenters. The Morgan fingerprint density at radius 1 is 1.06 bits per heavy atom. The van der Waals surface area contributed by atoms with Crippen LogP contribution in [0.5, 0.6) is 11.5 Å². The summed E-state index contributed by atoms with van der Waals surface area (Å²) in [4.78, 5) is 11.7. The molecule has 2 aromatic carbocycles. The Morgan fingerprint density at radius 2 is 1.83 bits per heavy atom. The van der Waals surface area contributed by atoms with Crippen LogP contribution in [0.3, 0.4) is 0 Å². The summed E-state index contributed by atoms with van der Waals surface area (Å²) in [5, 5.41) is 6.34. The summed E-state index contributed by atoms with van der Waals surface area (Å²) < 4.78 is 41.4. The van der Waals surface area contributed by atoms with E-state index in [-0.39, 0.29) is 10.8 Å². The molecular weight excluding hydrogens is 468 g/mol. The number of amides is 1. The summed E-state index contributed by atoms with van der Waals surface area (Å²) in [7, 11) is -0.652. The van der Waals surface area contributed by atoms with Gasteiger partial charge in [-0.25, -0.2) is 8.42 Å². The van der Waals surface area contributed by atoms with Gasteiger partial charge in [-0.1, -0.05) is 0 Å². The number of methoxy groups -OCH3 is 2. The maximum absolute atomic E-state index is 13.5. The number of ether oxygens (including phenoxy) is 2. The van der Waals surface area contributed by atoms with Crippen molar-refractivity contribution in [2.45, 2.75) is 30.2 Å². The van der Waals surface area contributed by atoms with E-state index >= 15 is 0 Å². The molecule has 2 aliphatic rings. The fourth-order valence-corrected chi connectivity index (χ4v) is 6.50. The van der Waals surface area contributed by atoms with Gasteiger partial charge in [0.25, 0.3) is 0 Å². The van der Waals surface area contributed by atoms with Crippen molar-refractivity contribution < 1.29 is 22.7 Å². The lowest BCUT2D eigenvalue weighted by molar-refractivity contribution is -0.114. The minimum atomic E-state index is -3.76. The lowest BCUT2D eigenvalue weighted by Gasteiger charge is -2.46. The van der Waals surface area contributed by atoms with Gasteiger partial charge in [-0.15, -0.1) is 0 Å². The van der Waals surface area contributed by atoms with Crippen LogP contribution < -0.4 is 20.1 Å². The third-order valence-corrected chi connectivity index (χ3v) is 8.67. The molecule has 5 rings (SSSR count). The number of hydrogen-bond acceptors (Lipinski definition) is 6. The van der Waals surface area contributed by atoms with Crippen LogP contribution in [-0.4, -0.2) is 50.5 Å². The number of piperidine rings is 1. The molecule has 184 valence electrons. The predicted octanol–water partition coefficient (Wildman–Crippen LogP) is 3.56. The first-order valence-corrected chi connectivity index (χ1v) is 12.8. The van der Waals surface area contributed by atoms with Crippen molar-refractivity contribution in [3.8, 4) is 17.2 Å². The zero-order valence-electron chi connectivity index (χ0n) is 19.9. The van der Waals surface area contributed by atoms with Crippen molar-refractivity contribution in [1.29, 1.82) is 0 Å². The number of carbonyl (C=O) groups excluding carboxylic acids is 1. The highest BCUT2D eigenvalue weighted by molar-refractivity contribution is 7.89. The smallest absolute Gasteiger partial charge is 0.243 e. The van der Waals surface area contributed by atoms with Crippen molar-refractivity contribution >= 4 is 27.3 Å². The summed E-state index contributed by atoms with van der Waals surface area (Å²) in [6.07, 6.45) is 3.23. The molecule has 1 amide bonds. The van der Waals surface area contributed by atoms with Crippen LogP contribution in [0.15, 0.2) is 59.6 Å². The van der Waals surface area contributed by atoms with Gasteiger partial charge in [-0.2, -0.15) is 4.31 Å². The molecule has 3 aromatic rings. The Labute approximate surface area is 204 Å². The van der Waals surface area contributed by atoms with E-state index in [1.165, 1.54) is 30.5 Å². The summed E-state index contributed by atoms with van der Waals surface area (Å²) in [5.41, 5.74) is 3.04. The number of anilines is 2. The fourth-order valence-electron chi connectivity index (χ4n) is 5.03. The molecule has 2 N–H and O–H groups in total. The molecule has 1 spiro atoms. The van der Waals surface area contributed by atoms with E-state index in [1.54, 1.807) is 13.2 Å². The third-order valence-electron chi connectivity index (χ3n) is 6.77. The molecule has 0 saturated carbocycles.